The zero-order chi connectivity index (χ0) is 11.9. The molecular weight excluding hydrogens is 233 g/mol. The molecule has 2 aromatic carbocycles. The van der Waals surface area contributed by atoms with Crippen LogP contribution in [0.25, 0.3) is 10.8 Å². The van der Waals surface area contributed by atoms with Crippen molar-refractivity contribution in [1.82, 2.24) is 0 Å². The van der Waals surface area contributed by atoms with Gasteiger partial charge in [0.25, 0.3) is 5.69 Å². The summed E-state index contributed by atoms with van der Waals surface area (Å²) >= 11 is 5.63. The lowest BCUT2D eigenvalue weighted by Crippen LogP contribution is -1.92. The van der Waals surface area contributed by atoms with E-state index in [4.69, 9.17) is 11.6 Å². The molecule has 0 aromatic heterocycles. The number of aryl methyl sites for hydroxylation is 1. The summed E-state index contributed by atoms with van der Waals surface area (Å²) in [4.78, 5) is 10.2. The lowest BCUT2D eigenvalue weighted by atomic mass is 10.1. The standard InChI is InChI=1S/C11H7ClFNO2/c1-6-2-7-3-9(12)10(13)4-8(7)5-11(6)14(15)16/h2-5H,1H3. The maximum absolute atomic E-state index is 13.2. The van der Waals surface area contributed by atoms with Gasteiger partial charge in [-0.25, -0.2) is 4.39 Å². The molecule has 82 valence electrons. The van der Waals surface area contributed by atoms with Crippen molar-refractivity contribution in [3.8, 4) is 0 Å². The minimum Gasteiger partial charge on any atom is -0.258 e. The van der Waals surface area contributed by atoms with Gasteiger partial charge in [-0.3, -0.25) is 10.1 Å². The zero-order valence-corrected chi connectivity index (χ0v) is 9.08. The quantitative estimate of drug-likeness (QED) is 0.560. The van der Waals surface area contributed by atoms with E-state index in [1.165, 1.54) is 18.2 Å². The van der Waals surface area contributed by atoms with Crippen LogP contribution in [-0.2, 0) is 0 Å². The Bertz CT molecular complexity index is 598. The number of nitro benzene ring substituents is 1. The SMILES string of the molecule is Cc1cc2cc(Cl)c(F)cc2cc1[N+](=O)[O-]. The fourth-order valence-corrected chi connectivity index (χ4v) is 1.76. The molecule has 5 heteroatoms. The molecule has 0 N–H and O–H groups in total. The first kappa shape index (κ1) is 10.8. The van der Waals surface area contributed by atoms with Gasteiger partial charge in [-0.2, -0.15) is 0 Å². The molecule has 0 aliphatic carbocycles. The molecule has 3 nitrogen and oxygen atoms in total. The zero-order valence-electron chi connectivity index (χ0n) is 8.33. The summed E-state index contributed by atoms with van der Waals surface area (Å²) in [5.41, 5.74) is 0.509. The molecule has 0 fully saturated rings. The van der Waals surface area contributed by atoms with E-state index in [-0.39, 0.29) is 10.7 Å². The smallest absolute Gasteiger partial charge is 0.258 e. The van der Waals surface area contributed by atoms with Crippen LogP contribution in [0.3, 0.4) is 0 Å². The lowest BCUT2D eigenvalue weighted by Gasteiger charge is -2.03. The number of benzene rings is 2. The number of nitro groups is 1. The number of halogens is 2. The van der Waals surface area contributed by atoms with Crippen LogP contribution < -0.4 is 0 Å². The highest BCUT2D eigenvalue weighted by molar-refractivity contribution is 6.31. The van der Waals surface area contributed by atoms with Crippen molar-refractivity contribution in [1.29, 1.82) is 0 Å². The summed E-state index contributed by atoms with van der Waals surface area (Å²) in [6.45, 7) is 1.63. The first-order valence-electron chi connectivity index (χ1n) is 4.53. The molecule has 0 aliphatic rings. The molecule has 0 saturated carbocycles. The molecule has 0 unspecified atom stereocenters. The highest BCUT2D eigenvalue weighted by Crippen LogP contribution is 2.28. The number of hydrogen-bond acceptors (Lipinski definition) is 2. The topological polar surface area (TPSA) is 43.1 Å². The van der Waals surface area contributed by atoms with Crippen molar-refractivity contribution >= 4 is 28.1 Å². The monoisotopic (exact) mass is 239 g/mol. The van der Waals surface area contributed by atoms with E-state index in [1.54, 1.807) is 13.0 Å². The Morgan fingerprint density at radius 1 is 1.25 bits per heavy atom. The van der Waals surface area contributed by atoms with Gasteiger partial charge in [-0.15, -0.1) is 0 Å². The molecular formula is C11H7ClFNO2. The second kappa shape index (κ2) is 3.72. The van der Waals surface area contributed by atoms with Gasteiger partial charge in [-0.05, 0) is 35.9 Å². The first-order valence-corrected chi connectivity index (χ1v) is 4.90. The van der Waals surface area contributed by atoms with Gasteiger partial charge in [0.1, 0.15) is 5.82 Å². The fraction of sp³-hybridized carbons (Fsp3) is 0.0909. The first-order chi connectivity index (χ1) is 7.49. The summed E-state index contributed by atoms with van der Waals surface area (Å²) in [6, 6.07) is 5.63. The van der Waals surface area contributed by atoms with Crippen LogP contribution in [0.2, 0.25) is 5.02 Å². The fourth-order valence-electron chi connectivity index (χ4n) is 1.59. The third-order valence-corrected chi connectivity index (χ3v) is 2.68. The van der Waals surface area contributed by atoms with E-state index in [9.17, 15) is 14.5 Å². The van der Waals surface area contributed by atoms with Crippen molar-refractivity contribution in [3.63, 3.8) is 0 Å². The molecule has 2 rings (SSSR count). The molecule has 0 bridgehead atoms. The molecule has 2 aromatic rings. The Kier molecular flexibility index (Phi) is 2.52. The van der Waals surface area contributed by atoms with Crippen LogP contribution in [0.15, 0.2) is 24.3 Å². The average molecular weight is 240 g/mol. The number of fused-ring (bicyclic) bond motifs is 1. The van der Waals surface area contributed by atoms with Gasteiger partial charge in [0.05, 0.1) is 9.95 Å². The van der Waals surface area contributed by atoms with Crippen LogP contribution in [0.5, 0.6) is 0 Å². The van der Waals surface area contributed by atoms with Crippen LogP contribution >= 0.6 is 11.6 Å². The van der Waals surface area contributed by atoms with Crippen molar-refractivity contribution in [2.24, 2.45) is 0 Å². The Balaban J connectivity index is 2.79. The Morgan fingerprint density at radius 3 is 2.50 bits per heavy atom. The van der Waals surface area contributed by atoms with Crippen molar-refractivity contribution in [2.75, 3.05) is 0 Å². The Morgan fingerprint density at radius 2 is 1.88 bits per heavy atom. The average Bonchev–Trinajstić information content (AvgIpc) is 2.19. The van der Waals surface area contributed by atoms with Crippen molar-refractivity contribution < 1.29 is 9.31 Å². The van der Waals surface area contributed by atoms with Crippen LogP contribution in [0, 0.1) is 22.9 Å². The van der Waals surface area contributed by atoms with Gasteiger partial charge in [0.2, 0.25) is 0 Å². The third kappa shape index (κ3) is 1.72. The van der Waals surface area contributed by atoms with E-state index >= 15 is 0 Å². The largest absolute Gasteiger partial charge is 0.272 e. The van der Waals surface area contributed by atoms with Gasteiger partial charge >= 0.3 is 0 Å². The maximum Gasteiger partial charge on any atom is 0.272 e. The maximum atomic E-state index is 13.2. The van der Waals surface area contributed by atoms with Gasteiger partial charge in [-0.1, -0.05) is 11.6 Å². The minimum absolute atomic E-state index is 0.0146. The predicted octanol–water partition coefficient (Wildman–Crippen LogP) is 3.85. The van der Waals surface area contributed by atoms with E-state index < -0.39 is 10.7 Å². The van der Waals surface area contributed by atoms with E-state index in [0.717, 1.165) is 0 Å². The molecule has 0 spiro atoms. The number of rotatable bonds is 1. The lowest BCUT2D eigenvalue weighted by molar-refractivity contribution is -0.385. The van der Waals surface area contributed by atoms with Gasteiger partial charge in [0, 0.05) is 11.6 Å². The molecule has 0 amide bonds. The molecule has 0 heterocycles. The second-order valence-corrected chi connectivity index (χ2v) is 3.92. The van der Waals surface area contributed by atoms with E-state index in [0.29, 0.717) is 16.3 Å². The highest BCUT2D eigenvalue weighted by atomic mass is 35.5. The molecule has 0 radical (unpaired) electrons. The highest BCUT2D eigenvalue weighted by Gasteiger charge is 2.12. The van der Waals surface area contributed by atoms with Crippen LogP contribution in [0.4, 0.5) is 10.1 Å². The van der Waals surface area contributed by atoms with E-state index in [2.05, 4.69) is 0 Å². The molecule has 0 aliphatic heterocycles. The molecule has 16 heavy (non-hydrogen) atoms. The summed E-state index contributed by atoms with van der Waals surface area (Å²) in [5.74, 6) is -0.577. The van der Waals surface area contributed by atoms with Crippen molar-refractivity contribution in [3.05, 3.63) is 50.8 Å². The van der Waals surface area contributed by atoms with Crippen LogP contribution in [0.1, 0.15) is 5.56 Å². The summed E-state index contributed by atoms with van der Waals surface area (Å²) in [7, 11) is 0. The Hall–Kier alpha value is -1.68. The van der Waals surface area contributed by atoms with Gasteiger partial charge in [0.15, 0.2) is 0 Å². The molecule has 0 atom stereocenters. The Labute approximate surface area is 95.6 Å². The van der Waals surface area contributed by atoms with Crippen LogP contribution in [-0.4, -0.2) is 4.92 Å². The molecule has 0 saturated heterocycles. The summed E-state index contributed by atoms with van der Waals surface area (Å²) in [6.07, 6.45) is 0. The van der Waals surface area contributed by atoms with E-state index in [1.807, 2.05) is 0 Å². The second-order valence-electron chi connectivity index (χ2n) is 3.51. The minimum atomic E-state index is -0.577. The normalized spacial score (nSPS) is 10.7. The van der Waals surface area contributed by atoms with Crippen molar-refractivity contribution in [2.45, 2.75) is 6.92 Å². The third-order valence-electron chi connectivity index (χ3n) is 2.39. The predicted molar refractivity (Wildman–Crippen MR) is 60.3 cm³/mol. The summed E-state index contributed by atoms with van der Waals surface area (Å²) in [5, 5.41) is 11.9. The number of hydrogen-bond donors (Lipinski definition) is 0. The number of nitrogens with zero attached hydrogens (tertiary/aromatic N) is 1. The van der Waals surface area contributed by atoms with Gasteiger partial charge < -0.3 is 0 Å². The summed E-state index contributed by atoms with van der Waals surface area (Å²) < 4.78 is 13.2.